The van der Waals surface area contributed by atoms with Crippen LogP contribution in [0.25, 0.3) is 0 Å². The predicted octanol–water partition coefficient (Wildman–Crippen LogP) is 6.80. The molecule has 0 saturated carbocycles. The largest absolute Gasteiger partial charge is 0.481 e. The molecule has 0 aliphatic carbocycles. The van der Waals surface area contributed by atoms with Gasteiger partial charge >= 0.3 is 5.97 Å². The standard InChI is InChI=1S/C34H43N3O3Si/c1-41(2,3)23-22-40-27-37-25-32(35-26-37)24-28(33(38)39)14-13-21-36-34(29-15-7-4-8-16-29,30-17-9-5-10-18-30)31-19-11-6-12-20-31/h4-12,15-20,25-26,28,36H,13-14,21-24,27H2,1-3H3,(H,38,39). The zero-order chi connectivity index (χ0) is 29.1. The van der Waals surface area contributed by atoms with E-state index in [0.717, 1.165) is 35.0 Å². The third-order valence-electron chi connectivity index (χ3n) is 7.47. The van der Waals surface area contributed by atoms with Gasteiger partial charge in [-0.2, -0.15) is 0 Å². The van der Waals surface area contributed by atoms with Gasteiger partial charge in [0.1, 0.15) is 6.73 Å². The topological polar surface area (TPSA) is 76.4 Å². The van der Waals surface area contributed by atoms with E-state index in [4.69, 9.17) is 4.74 Å². The number of carboxylic acid groups (broad SMARTS) is 1. The maximum Gasteiger partial charge on any atom is 0.306 e. The van der Waals surface area contributed by atoms with Gasteiger partial charge in [-0.05, 0) is 42.1 Å². The molecule has 0 aliphatic rings. The Morgan fingerprint density at radius 2 is 1.46 bits per heavy atom. The molecule has 4 aromatic rings. The minimum absolute atomic E-state index is 0.401. The number of hydrogen-bond acceptors (Lipinski definition) is 4. The molecule has 1 atom stereocenters. The van der Waals surface area contributed by atoms with Crippen LogP contribution in [0.1, 0.15) is 35.2 Å². The lowest BCUT2D eigenvalue weighted by molar-refractivity contribution is -0.142. The number of aliphatic carboxylic acids is 1. The second-order valence-electron chi connectivity index (χ2n) is 11.9. The summed E-state index contributed by atoms with van der Waals surface area (Å²) < 4.78 is 7.71. The second kappa shape index (κ2) is 14.4. The number of nitrogens with one attached hydrogen (secondary N) is 1. The summed E-state index contributed by atoms with van der Waals surface area (Å²) in [5, 5.41) is 13.9. The van der Waals surface area contributed by atoms with Crippen LogP contribution in [0.2, 0.25) is 25.7 Å². The summed E-state index contributed by atoms with van der Waals surface area (Å²) in [4.78, 5) is 16.7. The molecule has 0 bridgehead atoms. The summed E-state index contributed by atoms with van der Waals surface area (Å²) in [5.74, 6) is -1.29. The van der Waals surface area contributed by atoms with Crippen LogP contribution in [0.15, 0.2) is 104 Å². The van der Waals surface area contributed by atoms with Gasteiger partial charge in [0.2, 0.25) is 0 Å². The first kappa shape index (κ1) is 30.4. The van der Waals surface area contributed by atoms with Crippen LogP contribution in [-0.2, 0) is 28.2 Å². The molecule has 216 valence electrons. The van der Waals surface area contributed by atoms with Crippen molar-refractivity contribution in [2.24, 2.45) is 5.92 Å². The number of imidazole rings is 1. The lowest BCUT2D eigenvalue weighted by Gasteiger charge is -2.37. The fraction of sp³-hybridized carbons (Fsp3) is 0.353. The highest BCUT2D eigenvalue weighted by atomic mass is 28.3. The summed E-state index contributed by atoms with van der Waals surface area (Å²) in [6, 6.07) is 32.5. The van der Waals surface area contributed by atoms with Crippen molar-refractivity contribution in [3.63, 3.8) is 0 Å². The van der Waals surface area contributed by atoms with Crippen LogP contribution >= 0.6 is 0 Å². The van der Waals surface area contributed by atoms with Gasteiger partial charge in [-0.25, -0.2) is 4.98 Å². The minimum atomic E-state index is -1.13. The second-order valence-corrected chi connectivity index (χ2v) is 17.5. The molecule has 0 amide bonds. The number of carbonyl (C=O) groups is 1. The van der Waals surface area contributed by atoms with Crippen molar-refractivity contribution < 1.29 is 14.6 Å². The molecule has 41 heavy (non-hydrogen) atoms. The van der Waals surface area contributed by atoms with Crippen molar-refractivity contribution in [1.29, 1.82) is 0 Å². The number of rotatable bonds is 16. The lowest BCUT2D eigenvalue weighted by Crippen LogP contribution is -2.45. The lowest BCUT2D eigenvalue weighted by atomic mass is 9.77. The normalized spacial score (nSPS) is 12.8. The van der Waals surface area contributed by atoms with E-state index < -0.39 is 25.5 Å². The summed E-state index contributed by atoms with van der Waals surface area (Å²) >= 11 is 0. The van der Waals surface area contributed by atoms with Crippen LogP contribution in [-0.4, -0.2) is 41.9 Å². The molecule has 2 N–H and O–H groups in total. The first-order valence-corrected chi connectivity index (χ1v) is 18.2. The molecule has 6 nitrogen and oxygen atoms in total. The van der Waals surface area contributed by atoms with Gasteiger partial charge in [-0.1, -0.05) is 111 Å². The van der Waals surface area contributed by atoms with Crippen LogP contribution in [0, 0.1) is 5.92 Å². The van der Waals surface area contributed by atoms with Crippen LogP contribution in [0.3, 0.4) is 0 Å². The molecular formula is C34H43N3O3Si. The Labute approximate surface area is 245 Å². The quantitative estimate of drug-likeness (QED) is 0.0882. The number of benzene rings is 3. The molecule has 0 fully saturated rings. The van der Waals surface area contributed by atoms with Gasteiger partial charge < -0.3 is 14.4 Å². The monoisotopic (exact) mass is 569 g/mol. The molecule has 4 rings (SSSR count). The SMILES string of the molecule is C[Si](C)(C)CCOCn1cnc(CC(CCCNC(c2ccccc2)(c2ccccc2)c2ccccc2)C(=O)O)c1. The fourth-order valence-corrected chi connectivity index (χ4v) is 5.95. The number of ether oxygens (including phenoxy) is 1. The van der Waals surface area contributed by atoms with Gasteiger partial charge in [0, 0.05) is 27.3 Å². The van der Waals surface area contributed by atoms with E-state index in [0.29, 0.717) is 32.5 Å². The van der Waals surface area contributed by atoms with Gasteiger partial charge in [0.15, 0.2) is 0 Å². The molecule has 7 heteroatoms. The minimum Gasteiger partial charge on any atom is -0.481 e. The Hall–Kier alpha value is -3.52. The number of hydrogen-bond donors (Lipinski definition) is 2. The summed E-state index contributed by atoms with van der Waals surface area (Å²) in [5.41, 5.74) is 3.65. The van der Waals surface area contributed by atoms with E-state index in [1.165, 1.54) is 0 Å². The Bertz CT molecular complexity index is 1240. The average Bonchev–Trinajstić information content (AvgIpc) is 3.43. The van der Waals surface area contributed by atoms with Crippen molar-refractivity contribution in [3.8, 4) is 0 Å². The number of nitrogens with zero attached hydrogens (tertiary/aromatic N) is 2. The molecule has 3 aromatic carbocycles. The molecule has 1 aromatic heterocycles. The molecule has 0 aliphatic heterocycles. The zero-order valence-electron chi connectivity index (χ0n) is 24.5. The summed E-state index contributed by atoms with van der Waals surface area (Å²) in [7, 11) is -1.13. The smallest absolute Gasteiger partial charge is 0.306 e. The zero-order valence-corrected chi connectivity index (χ0v) is 25.5. The van der Waals surface area contributed by atoms with Crippen molar-refractivity contribution >= 4 is 14.0 Å². The van der Waals surface area contributed by atoms with Gasteiger partial charge in [-0.3, -0.25) is 10.1 Å². The third-order valence-corrected chi connectivity index (χ3v) is 9.17. The highest BCUT2D eigenvalue weighted by Gasteiger charge is 2.35. The molecule has 0 spiro atoms. The Morgan fingerprint density at radius 3 is 1.95 bits per heavy atom. The number of aromatic nitrogens is 2. The molecule has 0 radical (unpaired) electrons. The average molecular weight is 570 g/mol. The van der Waals surface area contributed by atoms with Gasteiger partial charge in [-0.15, -0.1) is 0 Å². The van der Waals surface area contributed by atoms with Crippen molar-refractivity contribution in [2.45, 2.75) is 57.2 Å². The maximum atomic E-state index is 12.2. The van der Waals surface area contributed by atoms with E-state index in [1.54, 1.807) is 6.33 Å². The van der Waals surface area contributed by atoms with Gasteiger partial charge in [0.25, 0.3) is 0 Å². The van der Waals surface area contributed by atoms with Crippen molar-refractivity contribution in [2.75, 3.05) is 13.2 Å². The molecule has 0 saturated heterocycles. The van der Waals surface area contributed by atoms with Crippen LogP contribution in [0.4, 0.5) is 0 Å². The van der Waals surface area contributed by atoms with E-state index in [2.05, 4.69) is 103 Å². The van der Waals surface area contributed by atoms with Gasteiger partial charge in [0.05, 0.1) is 23.5 Å². The fourth-order valence-electron chi connectivity index (χ4n) is 5.19. The molecular weight excluding hydrogens is 526 g/mol. The van der Waals surface area contributed by atoms with E-state index in [1.807, 2.05) is 29.0 Å². The third kappa shape index (κ3) is 8.49. The van der Waals surface area contributed by atoms with E-state index in [9.17, 15) is 9.90 Å². The highest BCUT2D eigenvalue weighted by molar-refractivity contribution is 6.76. The summed E-state index contributed by atoms with van der Waals surface area (Å²) in [6.07, 6.45) is 5.31. The first-order valence-electron chi connectivity index (χ1n) is 14.5. The number of carboxylic acids is 1. The van der Waals surface area contributed by atoms with Crippen molar-refractivity contribution in [1.82, 2.24) is 14.9 Å². The Kier molecular flexibility index (Phi) is 10.7. The van der Waals surface area contributed by atoms with Crippen molar-refractivity contribution in [3.05, 3.63) is 126 Å². The van der Waals surface area contributed by atoms with Crippen LogP contribution < -0.4 is 5.32 Å². The van der Waals surface area contributed by atoms with E-state index in [-0.39, 0.29) is 0 Å². The molecule has 1 heterocycles. The predicted molar refractivity (Wildman–Crippen MR) is 168 cm³/mol. The van der Waals surface area contributed by atoms with Crippen LogP contribution in [0.5, 0.6) is 0 Å². The first-order chi connectivity index (χ1) is 19.8. The molecule has 1 unspecified atom stereocenters. The Balaban J connectivity index is 1.43. The Morgan fingerprint density at radius 1 is 0.927 bits per heavy atom. The highest BCUT2D eigenvalue weighted by Crippen LogP contribution is 2.36. The summed E-state index contributed by atoms with van der Waals surface area (Å²) in [6.45, 7) is 8.83. The van der Waals surface area contributed by atoms with E-state index >= 15 is 0 Å². The maximum absolute atomic E-state index is 12.2.